The van der Waals surface area contributed by atoms with E-state index in [2.05, 4.69) is 5.16 Å². The van der Waals surface area contributed by atoms with Crippen LogP contribution in [0.5, 0.6) is 0 Å². The van der Waals surface area contributed by atoms with E-state index >= 15 is 0 Å². The first kappa shape index (κ1) is 15.2. The van der Waals surface area contributed by atoms with Crippen molar-refractivity contribution in [1.82, 2.24) is 5.16 Å². The first-order chi connectivity index (χ1) is 11.0. The summed E-state index contributed by atoms with van der Waals surface area (Å²) in [6.07, 6.45) is 0. The van der Waals surface area contributed by atoms with E-state index in [0.29, 0.717) is 5.56 Å². The zero-order valence-electron chi connectivity index (χ0n) is 12.3. The lowest BCUT2D eigenvalue weighted by Crippen LogP contribution is -2.09. The average molecular weight is 327 g/mol. The molecule has 0 radical (unpaired) electrons. The molecule has 6 heteroatoms. The number of aromatic nitrogens is 1. The van der Waals surface area contributed by atoms with Crippen molar-refractivity contribution in [2.24, 2.45) is 0 Å². The Hall–Kier alpha value is -2.73. The molecule has 1 heterocycles. The Kier molecular flexibility index (Phi) is 3.83. The third kappa shape index (κ3) is 2.68. The van der Waals surface area contributed by atoms with Crippen LogP contribution in [-0.4, -0.2) is 19.4 Å². The van der Waals surface area contributed by atoms with Gasteiger partial charge in [-0.2, -0.15) is 0 Å². The van der Waals surface area contributed by atoms with Crippen LogP contribution >= 0.6 is 0 Å². The number of nitrogens with zero attached hydrogens (tertiary/aromatic N) is 1. The van der Waals surface area contributed by atoms with Gasteiger partial charge in [-0.3, -0.25) is 4.79 Å². The van der Waals surface area contributed by atoms with Crippen LogP contribution < -0.4 is 0 Å². The number of rotatable bonds is 4. The molecule has 0 fully saturated rings. The molecule has 0 amide bonds. The highest BCUT2D eigenvalue weighted by molar-refractivity contribution is 7.91. The molecular formula is C17H13NO4S. The summed E-state index contributed by atoms with van der Waals surface area (Å²) in [5.74, 6) is -0.779. The summed E-state index contributed by atoms with van der Waals surface area (Å²) in [5.41, 5.74) is 0.501. The molecule has 1 aromatic heterocycles. The van der Waals surface area contributed by atoms with Crippen molar-refractivity contribution in [1.29, 1.82) is 0 Å². The van der Waals surface area contributed by atoms with Crippen LogP contribution in [0, 0.1) is 6.92 Å². The first-order valence-corrected chi connectivity index (χ1v) is 8.36. The molecule has 23 heavy (non-hydrogen) atoms. The SMILES string of the molecule is Cc1noc(C(=O)c2ccccc2)c1S(=O)(=O)c1ccccc1. The number of carbonyl (C=O) groups excluding carboxylic acids is 1. The number of aryl methyl sites for hydroxylation is 1. The topological polar surface area (TPSA) is 77.2 Å². The maximum absolute atomic E-state index is 12.8. The van der Waals surface area contributed by atoms with E-state index in [-0.39, 0.29) is 21.2 Å². The van der Waals surface area contributed by atoms with Crippen molar-refractivity contribution in [3.05, 3.63) is 77.7 Å². The third-order valence-corrected chi connectivity index (χ3v) is 5.28. The maximum Gasteiger partial charge on any atom is 0.232 e. The molecule has 2 aromatic carbocycles. The second-order valence-electron chi connectivity index (χ2n) is 4.94. The van der Waals surface area contributed by atoms with Gasteiger partial charge in [-0.25, -0.2) is 8.42 Å². The molecule has 0 N–H and O–H groups in total. The highest BCUT2D eigenvalue weighted by atomic mass is 32.2. The molecular weight excluding hydrogens is 314 g/mol. The normalized spacial score (nSPS) is 11.3. The van der Waals surface area contributed by atoms with Gasteiger partial charge in [0.15, 0.2) is 0 Å². The second-order valence-corrected chi connectivity index (χ2v) is 6.82. The Labute approximate surface area is 133 Å². The number of hydrogen-bond donors (Lipinski definition) is 0. The van der Waals surface area contributed by atoms with Crippen molar-refractivity contribution in [2.45, 2.75) is 16.7 Å². The van der Waals surface area contributed by atoms with Crippen LogP contribution in [-0.2, 0) is 9.84 Å². The molecule has 0 bridgehead atoms. The smallest absolute Gasteiger partial charge is 0.232 e. The van der Waals surface area contributed by atoms with Gasteiger partial charge < -0.3 is 4.52 Å². The highest BCUT2D eigenvalue weighted by Crippen LogP contribution is 2.28. The third-order valence-electron chi connectivity index (χ3n) is 3.37. The zero-order valence-corrected chi connectivity index (χ0v) is 13.1. The fraction of sp³-hybridized carbons (Fsp3) is 0.0588. The Morgan fingerprint density at radius 2 is 1.52 bits per heavy atom. The summed E-state index contributed by atoms with van der Waals surface area (Å²) in [5, 5.41) is 3.68. The minimum Gasteiger partial charge on any atom is -0.351 e. The molecule has 116 valence electrons. The molecule has 0 saturated heterocycles. The minimum absolute atomic E-state index is 0.0911. The molecule has 0 unspecified atom stereocenters. The van der Waals surface area contributed by atoms with Gasteiger partial charge in [-0.1, -0.05) is 53.7 Å². The van der Waals surface area contributed by atoms with Gasteiger partial charge in [0.25, 0.3) is 0 Å². The van der Waals surface area contributed by atoms with E-state index < -0.39 is 15.6 Å². The average Bonchev–Trinajstić information content (AvgIpc) is 2.98. The summed E-state index contributed by atoms with van der Waals surface area (Å²) < 4.78 is 30.7. The van der Waals surface area contributed by atoms with E-state index in [1.807, 2.05) is 0 Å². The van der Waals surface area contributed by atoms with E-state index in [4.69, 9.17) is 4.52 Å². The molecule has 3 rings (SSSR count). The molecule has 0 aliphatic rings. The Bertz CT molecular complexity index is 945. The second kappa shape index (κ2) is 5.81. The molecule has 5 nitrogen and oxygen atoms in total. The lowest BCUT2D eigenvalue weighted by molar-refractivity contribution is 0.0996. The lowest BCUT2D eigenvalue weighted by atomic mass is 10.1. The standard InChI is InChI=1S/C17H13NO4S/c1-12-17(23(20,21)14-10-6-3-7-11-14)16(22-18-12)15(19)13-8-4-2-5-9-13/h2-11H,1H3. The van der Waals surface area contributed by atoms with Gasteiger partial charge in [-0.15, -0.1) is 0 Å². The number of hydrogen-bond acceptors (Lipinski definition) is 5. The molecule has 3 aromatic rings. The Morgan fingerprint density at radius 1 is 0.957 bits per heavy atom. The van der Waals surface area contributed by atoms with Crippen LogP contribution in [0.15, 0.2) is 75.0 Å². The number of ketones is 1. The van der Waals surface area contributed by atoms with Crippen LogP contribution in [0.25, 0.3) is 0 Å². The predicted molar refractivity (Wildman–Crippen MR) is 83.0 cm³/mol. The molecule has 0 saturated carbocycles. The van der Waals surface area contributed by atoms with Crippen molar-refractivity contribution in [3.63, 3.8) is 0 Å². The van der Waals surface area contributed by atoms with Crippen LogP contribution in [0.4, 0.5) is 0 Å². The summed E-state index contributed by atoms with van der Waals surface area (Å²) in [6.45, 7) is 1.50. The van der Waals surface area contributed by atoms with Gasteiger partial charge in [-0.05, 0) is 19.1 Å². The molecule has 0 spiro atoms. The highest BCUT2D eigenvalue weighted by Gasteiger charge is 2.32. The zero-order chi connectivity index (χ0) is 16.4. The summed E-state index contributed by atoms with van der Waals surface area (Å²) in [6, 6.07) is 16.3. The quantitative estimate of drug-likeness (QED) is 0.688. The monoisotopic (exact) mass is 327 g/mol. The van der Waals surface area contributed by atoms with Crippen molar-refractivity contribution >= 4 is 15.6 Å². The first-order valence-electron chi connectivity index (χ1n) is 6.88. The van der Waals surface area contributed by atoms with Crippen molar-refractivity contribution in [2.75, 3.05) is 0 Å². The van der Waals surface area contributed by atoms with Gasteiger partial charge in [0.05, 0.1) is 4.90 Å². The number of sulfone groups is 1. The fourth-order valence-corrected chi connectivity index (χ4v) is 3.81. The van der Waals surface area contributed by atoms with Crippen LogP contribution in [0.1, 0.15) is 21.8 Å². The van der Waals surface area contributed by atoms with Crippen LogP contribution in [0.2, 0.25) is 0 Å². The number of benzene rings is 2. The van der Waals surface area contributed by atoms with Crippen molar-refractivity contribution < 1.29 is 17.7 Å². The molecule has 0 aliphatic carbocycles. The van der Waals surface area contributed by atoms with Gasteiger partial charge in [0.2, 0.25) is 21.4 Å². The van der Waals surface area contributed by atoms with Gasteiger partial charge in [0.1, 0.15) is 10.6 Å². The fourth-order valence-electron chi connectivity index (χ4n) is 2.26. The maximum atomic E-state index is 12.8. The lowest BCUT2D eigenvalue weighted by Gasteiger charge is -2.04. The van der Waals surface area contributed by atoms with E-state index in [9.17, 15) is 13.2 Å². The predicted octanol–water partition coefficient (Wildman–Crippen LogP) is 3.05. The largest absolute Gasteiger partial charge is 0.351 e. The number of carbonyl (C=O) groups is 1. The van der Waals surface area contributed by atoms with Crippen LogP contribution in [0.3, 0.4) is 0 Å². The Balaban J connectivity index is 2.16. The summed E-state index contributed by atoms with van der Waals surface area (Å²) >= 11 is 0. The summed E-state index contributed by atoms with van der Waals surface area (Å²) in [7, 11) is -3.89. The van der Waals surface area contributed by atoms with Gasteiger partial charge in [0, 0.05) is 5.56 Å². The molecule has 0 aliphatic heterocycles. The van der Waals surface area contributed by atoms with E-state index in [1.54, 1.807) is 48.5 Å². The minimum atomic E-state index is -3.89. The van der Waals surface area contributed by atoms with Gasteiger partial charge >= 0.3 is 0 Å². The molecule has 0 atom stereocenters. The van der Waals surface area contributed by atoms with E-state index in [1.165, 1.54) is 19.1 Å². The van der Waals surface area contributed by atoms with Crippen molar-refractivity contribution in [3.8, 4) is 0 Å². The summed E-state index contributed by atoms with van der Waals surface area (Å²) in [4.78, 5) is 12.5. The Morgan fingerprint density at radius 3 is 2.13 bits per heavy atom. The van der Waals surface area contributed by atoms with E-state index in [0.717, 1.165) is 0 Å².